The first-order chi connectivity index (χ1) is 6.48. The Morgan fingerprint density at radius 3 is 2.29 bits per heavy atom. The Balaban J connectivity index is 3.03. The summed E-state index contributed by atoms with van der Waals surface area (Å²) in [6, 6.07) is 5.72. The number of phenolic OH excluding ortho intramolecular Hbond substituents is 1. The Labute approximate surface area is 81.8 Å². The van der Waals surface area contributed by atoms with E-state index in [0.717, 1.165) is 0 Å². The fraction of sp³-hybridized carbons (Fsp3) is 0.300. The van der Waals surface area contributed by atoms with Gasteiger partial charge in [0.2, 0.25) is 0 Å². The van der Waals surface area contributed by atoms with E-state index in [2.05, 4.69) is 4.74 Å². The molecule has 4 nitrogen and oxygen atoms in total. The molecule has 1 atom stereocenters. The molecule has 1 aromatic carbocycles. The van der Waals surface area contributed by atoms with Gasteiger partial charge in [-0.05, 0) is 24.6 Å². The van der Waals surface area contributed by atoms with Gasteiger partial charge < -0.3 is 14.9 Å². The summed E-state index contributed by atoms with van der Waals surface area (Å²) < 4.78 is 4.45. The van der Waals surface area contributed by atoms with E-state index in [0.29, 0.717) is 5.56 Å². The quantitative estimate of drug-likeness (QED) is 0.686. The highest BCUT2D eigenvalue weighted by Gasteiger charge is 2.33. The summed E-state index contributed by atoms with van der Waals surface area (Å²) in [7, 11) is 1.21. The van der Waals surface area contributed by atoms with Crippen LogP contribution in [0.15, 0.2) is 24.3 Å². The molecule has 0 aromatic heterocycles. The number of carbonyl (C=O) groups is 1. The van der Waals surface area contributed by atoms with E-state index in [1.807, 2.05) is 0 Å². The molecule has 1 unspecified atom stereocenters. The standard InChI is InChI=1S/C10H12O4/c1-10(13,9(12)14-2)7-3-5-8(11)6-4-7/h3-6,11,13H,1-2H3. The third-order valence-corrected chi connectivity index (χ3v) is 2.01. The van der Waals surface area contributed by atoms with Crippen LogP contribution in [0.2, 0.25) is 0 Å². The Kier molecular flexibility index (Phi) is 2.76. The molecule has 14 heavy (non-hydrogen) atoms. The van der Waals surface area contributed by atoms with Gasteiger partial charge in [0.15, 0.2) is 5.60 Å². The first-order valence-electron chi connectivity index (χ1n) is 4.09. The number of hydrogen-bond donors (Lipinski definition) is 2. The van der Waals surface area contributed by atoms with E-state index in [1.54, 1.807) is 0 Å². The molecule has 0 bridgehead atoms. The van der Waals surface area contributed by atoms with Crippen LogP contribution < -0.4 is 0 Å². The molecule has 0 radical (unpaired) electrons. The van der Waals surface area contributed by atoms with E-state index in [1.165, 1.54) is 38.3 Å². The molecule has 0 fully saturated rings. The van der Waals surface area contributed by atoms with Gasteiger partial charge in [-0.15, -0.1) is 0 Å². The third-order valence-electron chi connectivity index (χ3n) is 2.01. The van der Waals surface area contributed by atoms with E-state index < -0.39 is 11.6 Å². The minimum Gasteiger partial charge on any atom is -0.508 e. The number of phenols is 1. The number of aliphatic hydroxyl groups is 1. The number of aromatic hydroxyl groups is 1. The van der Waals surface area contributed by atoms with Gasteiger partial charge in [-0.25, -0.2) is 4.79 Å². The van der Waals surface area contributed by atoms with Gasteiger partial charge in [0.1, 0.15) is 5.75 Å². The molecule has 4 heteroatoms. The van der Waals surface area contributed by atoms with E-state index >= 15 is 0 Å². The molecule has 76 valence electrons. The normalized spacial score (nSPS) is 14.5. The summed E-state index contributed by atoms with van der Waals surface area (Å²) in [5, 5.41) is 18.8. The van der Waals surface area contributed by atoms with Gasteiger partial charge in [0.25, 0.3) is 0 Å². The highest BCUT2D eigenvalue weighted by atomic mass is 16.5. The number of rotatable bonds is 2. The van der Waals surface area contributed by atoms with Crippen molar-refractivity contribution in [2.75, 3.05) is 7.11 Å². The maximum atomic E-state index is 11.2. The highest BCUT2D eigenvalue weighted by molar-refractivity contribution is 5.80. The van der Waals surface area contributed by atoms with Crippen LogP contribution in [0.25, 0.3) is 0 Å². The fourth-order valence-electron chi connectivity index (χ4n) is 1.10. The molecule has 0 saturated heterocycles. The second-order valence-electron chi connectivity index (χ2n) is 3.11. The van der Waals surface area contributed by atoms with Gasteiger partial charge in [0.05, 0.1) is 7.11 Å². The predicted octanol–water partition coefficient (Wildman–Crippen LogP) is 0.773. The SMILES string of the molecule is COC(=O)C(C)(O)c1ccc(O)cc1. The Bertz CT molecular complexity index is 326. The van der Waals surface area contributed by atoms with E-state index in [-0.39, 0.29) is 5.75 Å². The van der Waals surface area contributed by atoms with Crippen molar-refractivity contribution in [2.24, 2.45) is 0 Å². The molecule has 0 aliphatic rings. The van der Waals surface area contributed by atoms with Crippen molar-refractivity contribution in [1.82, 2.24) is 0 Å². The van der Waals surface area contributed by atoms with Crippen LogP contribution in [-0.2, 0) is 15.1 Å². The number of esters is 1. The number of ether oxygens (including phenoxy) is 1. The summed E-state index contributed by atoms with van der Waals surface area (Å²) >= 11 is 0. The van der Waals surface area contributed by atoms with Crippen LogP contribution in [0.4, 0.5) is 0 Å². The first-order valence-corrected chi connectivity index (χ1v) is 4.09. The van der Waals surface area contributed by atoms with Crippen molar-refractivity contribution >= 4 is 5.97 Å². The third kappa shape index (κ3) is 1.85. The molecule has 0 heterocycles. The predicted molar refractivity (Wildman–Crippen MR) is 49.7 cm³/mol. The lowest BCUT2D eigenvalue weighted by atomic mass is 9.96. The van der Waals surface area contributed by atoms with Crippen LogP contribution in [0.5, 0.6) is 5.75 Å². The summed E-state index contributed by atoms with van der Waals surface area (Å²) in [6.07, 6.45) is 0. The lowest BCUT2D eigenvalue weighted by molar-refractivity contribution is -0.161. The molecular weight excluding hydrogens is 184 g/mol. The van der Waals surface area contributed by atoms with Crippen LogP contribution in [0.3, 0.4) is 0 Å². The van der Waals surface area contributed by atoms with Crippen LogP contribution >= 0.6 is 0 Å². The second kappa shape index (κ2) is 3.67. The zero-order valence-electron chi connectivity index (χ0n) is 8.02. The minimum atomic E-state index is -1.68. The molecule has 2 N–H and O–H groups in total. The van der Waals surface area contributed by atoms with Crippen molar-refractivity contribution in [3.63, 3.8) is 0 Å². The Morgan fingerprint density at radius 1 is 1.36 bits per heavy atom. The number of methoxy groups -OCH3 is 1. The molecule has 1 rings (SSSR count). The molecule has 0 amide bonds. The van der Waals surface area contributed by atoms with E-state index in [4.69, 9.17) is 5.11 Å². The monoisotopic (exact) mass is 196 g/mol. The van der Waals surface area contributed by atoms with Gasteiger partial charge in [-0.2, -0.15) is 0 Å². The average molecular weight is 196 g/mol. The first kappa shape index (κ1) is 10.5. The lowest BCUT2D eigenvalue weighted by Gasteiger charge is -2.20. The second-order valence-corrected chi connectivity index (χ2v) is 3.11. The average Bonchev–Trinajstić information content (AvgIpc) is 2.17. The highest BCUT2D eigenvalue weighted by Crippen LogP contribution is 2.23. The summed E-state index contributed by atoms with van der Waals surface area (Å²) in [6.45, 7) is 1.34. The summed E-state index contributed by atoms with van der Waals surface area (Å²) in [5.41, 5.74) is -1.30. The summed E-state index contributed by atoms with van der Waals surface area (Å²) in [4.78, 5) is 11.2. The van der Waals surface area contributed by atoms with Crippen molar-refractivity contribution in [1.29, 1.82) is 0 Å². The number of hydrogen-bond acceptors (Lipinski definition) is 4. The molecule has 1 aromatic rings. The van der Waals surface area contributed by atoms with Crippen molar-refractivity contribution in [3.05, 3.63) is 29.8 Å². The van der Waals surface area contributed by atoms with Crippen molar-refractivity contribution in [3.8, 4) is 5.75 Å². The smallest absolute Gasteiger partial charge is 0.342 e. The largest absolute Gasteiger partial charge is 0.508 e. The number of carbonyl (C=O) groups excluding carboxylic acids is 1. The maximum Gasteiger partial charge on any atom is 0.342 e. The summed E-state index contributed by atoms with van der Waals surface area (Å²) in [5.74, 6) is -0.655. The zero-order valence-corrected chi connectivity index (χ0v) is 8.02. The molecule has 0 saturated carbocycles. The molecule has 0 spiro atoms. The van der Waals surface area contributed by atoms with E-state index in [9.17, 15) is 9.90 Å². The lowest BCUT2D eigenvalue weighted by Crippen LogP contribution is -2.33. The van der Waals surface area contributed by atoms with Crippen LogP contribution in [0, 0.1) is 0 Å². The van der Waals surface area contributed by atoms with Gasteiger partial charge in [-0.1, -0.05) is 12.1 Å². The molecule has 0 aliphatic heterocycles. The van der Waals surface area contributed by atoms with Gasteiger partial charge in [-0.3, -0.25) is 0 Å². The topological polar surface area (TPSA) is 66.8 Å². The fourth-order valence-corrected chi connectivity index (χ4v) is 1.10. The number of benzene rings is 1. The van der Waals surface area contributed by atoms with Crippen LogP contribution in [-0.4, -0.2) is 23.3 Å². The van der Waals surface area contributed by atoms with Gasteiger partial charge >= 0.3 is 5.97 Å². The Morgan fingerprint density at radius 2 is 1.86 bits per heavy atom. The van der Waals surface area contributed by atoms with Crippen LogP contribution in [0.1, 0.15) is 12.5 Å². The minimum absolute atomic E-state index is 0.0782. The van der Waals surface area contributed by atoms with Gasteiger partial charge in [0, 0.05) is 0 Å². The van der Waals surface area contributed by atoms with Crippen molar-refractivity contribution in [2.45, 2.75) is 12.5 Å². The molecule has 0 aliphatic carbocycles. The zero-order chi connectivity index (χ0) is 10.8. The molecular formula is C10H12O4. The maximum absolute atomic E-state index is 11.2. The Hall–Kier alpha value is -1.55. The van der Waals surface area contributed by atoms with Crippen molar-refractivity contribution < 1.29 is 19.7 Å².